The third kappa shape index (κ3) is 2.96. The number of carbonyl (C=O) groups excluding carboxylic acids is 1. The molecule has 0 aliphatic rings. The summed E-state index contributed by atoms with van der Waals surface area (Å²) < 4.78 is 0. The van der Waals surface area contributed by atoms with E-state index in [0.717, 1.165) is 17.0 Å². The Morgan fingerprint density at radius 3 is 2.50 bits per heavy atom. The zero-order chi connectivity index (χ0) is 8.97. The van der Waals surface area contributed by atoms with Crippen LogP contribution in [0.2, 0.25) is 0 Å². The molecule has 0 radical (unpaired) electrons. The van der Waals surface area contributed by atoms with Crippen LogP contribution in [0.4, 0.5) is 5.69 Å². The van der Waals surface area contributed by atoms with E-state index in [1.807, 2.05) is 24.3 Å². The lowest BCUT2D eigenvalue weighted by atomic mass is 10.2. The number of anilines is 1. The van der Waals surface area contributed by atoms with Gasteiger partial charge in [-0.3, -0.25) is 4.79 Å². The van der Waals surface area contributed by atoms with Gasteiger partial charge in [0.15, 0.2) is 5.12 Å². The second-order valence-electron chi connectivity index (χ2n) is 2.52. The molecule has 0 fully saturated rings. The van der Waals surface area contributed by atoms with Crippen LogP contribution in [0.15, 0.2) is 24.3 Å². The molecular weight excluding hydrogens is 170 g/mol. The van der Waals surface area contributed by atoms with Crippen molar-refractivity contribution >= 4 is 22.6 Å². The van der Waals surface area contributed by atoms with E-state index >= 15 is 0 Å². The van der Waals surface area contributed by atoms with Gasteiger partial charge in [0.2, 0.25) is 0 Å². The maximum atomic E-state index is 10.6. The molecule has 1 aromatic rings. The standard InChI is InChI=1S/C9H11NOS/c1-7(11)12-6-8-2-4-9(10)5-3-8/h2-5H,6,10H2,1H3. The summed E-state index contributed by atoms with van der Waals surface area (Å²) in [7, 11) is 0. The van der Waals surface area contributed by atoms with Crippen LogP contribution in [0.3, 0.4) is 0 Å². The number of benzene rings is 1. The van der Waals surface area contributed by atoms with Crippen molar-refractivity contribution in [1.82, 2.24) is 0 Å². The van der Waals surface area contributed by atoms with Crippen molar-refractivity contribution in [3.05, 3.63) is 29.8 Å². The Morgan fingerprint density at radius 2 is 2.00 bits per heavy atom. The zero-order valence-corrected chi connectivity index (χ0v) is 7.73. The van der Waals surface area contributed by atoms with Crippen molar-refractivity contribution < 1.29 is 4.79 Å². The summed E-state index contributed by atoms with van der Waals surface area (Å²) in [6.45, 7) is 1.57. The van der Waals surface area contributed by atoms with E-state index in [1.54, 1.807) is 6.92 Å². The van der Waals surface area contributed by atoms with Gasteiger partial charge in [-0.05, 0) is 17.7 Å². The molecule has 3 heteroatoms. The number of nitrogens with two attached hydrogens (primary N) is 1. The fourth-order valence-electron chi connectivity index (χ4n) is 0.799. The molecule has 0 aliphatic carbocycles. The minimum absolute atomic E-state index is 0.145. The number of hydrogen-bond acceptors (Lipinski definition) is 3. The first-order valence-electron chi connectivity index (χ1n) is 3.66. The first-order valence-corrected chi connectivity index (χ1v) is 4.65. The molecule has 0 saturated carbocycles. The highest BCUT2D eigenvalue weighted by Gasteiger charge is 1.95. The molecule has 64 valence electrons. The van der Waals surface area contributed by atoms with Gasteiger partial charge in [0, 0.05) is 18.4 Å². The van der Waals surface area contributed by atoms with Crippen LogP contribution < -0.4 is 5.73 Å². The van der Waals surface area contributed by atoms with Crippen LogP contribution in [0.1, 0.15) is 12.5 Å². The highest BCUT2D eigenvalue weighted by molar-refractivity contribution is 8.12. The van der Waals surface area contributed by atoms with Gasteiger partial charge in [0.25, 0.3) is 0 Å². The van der Waals surface area contributed by atoms with Gasteiger partial charge in [0.05, 0.1) is 0 Å². The van der Waals surface area contributed by atoms with Crippen LogP contribution in [-0.4, -0.2) is 5.12 Å². The van der Waals surface area contributed by atoms with Crippen molar-refractivity contribution in [2.24, 2.45) is 0 Å². The molecule has 0 spiro atoms. The summed E-state index contributed by atoms with van der Waals surface area (Å²) in [5.41, 5.74) is 7.39. The van der Waals surface area contributed by atoms with Crippen molar-refractivity contribution in [1.29, 1.82) is 0 Å². The normalized spacial score (nSPS) is 9.75. The summed E-state index contributed by atoms with van der Waals surface area (Å²) in [5.74, 6) is 0.732. The first kappa shape index (κ1) is 9.13. The lowest BCUT2D eigenvalue weighted by Crippen LogP contribution is -1.87. The average molecular weight is 181 g/mol. The quantitative estimate of drug-likeness (QED) is 0.710. The summed E-state index contributed by atoms with van der Waals surface area (Å²) in [4.78, 5) is 10.6. The highest BCUT2D eigenvalue weighted by Crippen LogP contribution is 2.13. The van der Waals surface area contributed by atoms with Gasteiger partial charge >= 0.3 is 0 Å². The SMILES string of the molecule is CC(=O)SCc1ccc(N)cc1. The largest absolute Gasteiger partial charge is 0.399 e. The maximum absolute atomic E-state index is 10.6. The van der Waals surface area contributed by atoms with E-state index in [9.17, 15) is 4.79 Å². The Kier molecular flexibility index (Phi) is 3.17. The van der Waals surface area contributed by atoms with Gasteiger partial charge in [-0.2, -0.15) is 0 Å². The Labute approximate surface area is 76.2 Å². The molecule has 2 N–H and O–H groups in total. The van der Waals surface area contributed by atoms with Gasteiger partial charge in [0.1, 0.15) is 0 Å². The Balaban J connectivity index is 2.53. The zero-order valence-electron chi connectivity index (χ0n) is 6.91. The fraction of sp³-hybridized carbons (Fsp3) is 0.222. The van der Waals surface area contributed by atoms with Gasteiger partial charge in [-0.25, -0.2) is 0 Å². The van der Waals surface area contributed by atoms with Gasteiger partial charge in [-0.1, -0.05) is 23.9 Å². The number of thioether (sulfide) groups is 1. The van der Waals surface area contributed by atoms with Crippen molar-refractivity contribution in [2.45, 2.75) is 12.7 Å². The minimum atomic E-state index is 0.145. The molecule has 0 heterocycles. The average Bonchev–Trinajstić information content (AvgIpc) is 2.03. The topological polar surface area (TPSA) is 43.1 Å². The fourth-order valence-corrected chi connectivity index (χ4v) is 1.36. The minimum Gasteiger partial charge on any atom is -0.399 e. The molecule has 0 aromatic heterocycles. The van der Waals surface area contributed by atoms with Crippen LogP contribution in [0, 0.1) is 0 Å². The highest BCUT2D eigenvalue weighted by atomic mass is 32.2. The lowest BCUT2D eigenvalue weighted by molar-refractivity contribution is -0.109. The van der Waals surface area contributed by atoms with Crippen LogP contribution in [0.25, 0.3) is 0 Å². The monoisotopic (exact) mass is 181 g/mol. The first-order chi connectivity index (χ1) is 5.68. The molecule has 1 rings (SSSR count). The predicted molar refractivity (Wildman–Crippen MR) is 52.8 cm³/mol. The van der Waals surface area contributed by atoms with Crippen LogP contribution in [-0.2, 0) is 10.5 Å². The molecule has 0 aliphatic heterocycles. The molecule has 0 bridgehead atoms. The Bertz CT molecular complexity index is 268. The number of hydrogen-bond donors (Lipinski definition) is 1. The number of carbonyl (C=O) groups is 1. The van der Waals surface area contributed by atoms with Crippen LogP contribution >= 0.6 is 11.8 Å². The molecule has 2 nitrogen and oxygen atoms in total. The number of rotatable bonds is 2. The summed E-state index contributed by atoms with van der Waals surface area (Å²) in [5, 5.41) is 0.145. The predicted octanol–water partition coefficient (Wildman–Crippen LogP) is 2.05. The van der Waals surface area contributed by atoms with E-state index in [-0.39, 0.29) is 5.12 Å². The third-order valence-electron chi connectivity index (χ3n) is 1.42. The second kappa shape index (κ2) is 4.16. The Morgan fingerprint density at radius 1 is 1.42 bits per heavy atom. The number of nitrogen functional groups attached to an aromatic ring is 1. The smallest absolute Gasteiger partial charge is 0.186 e. The Hall–Kier alpha value is -0.960. The van der Waals surface area contributed by atoms with Gasteiger partial charge in [-0.15, -0.1) is 0 Å². The molecule has 1 aromatic carbocycles. The lowest BCUT2D eigenvalue weighted by Gasteiger charge is -1.98. The molecular formula is C9H11NOS. The summed E-state index contributed by atoms with van der Waals surface area (Å²) >= 11 is 1.31. The molecule has 0 unspecified atom stereocenters. The van der Waals surface area contributed by atoms with Crippen LogP contribution in [0.5, 0.6) is 0 Å². The van der Waals surface area contributed by atoms with E-state index in [0.29, 0.717) is 0 Å². The third-order valence-corrected chi connectivity index (χ3v) is 2.31. The maximum Gasteiger partial charge on any atom is 0.186 e. The molecule has 0 saturated heterocycles. The van der Waals surface area contributed by atoms with E-state index in [2.05, 4.69) is 0 Å². The molecule has 12 heavy (non-hydrogen) atoms. The second-order valence-corrected chi connectivity index (χ2v) is 3.67. The summed E-state index contributed by atoms with van der Waals surface area (Å²) in [6.07, 6.45) is 0. The van der Waals surface area contributed by atoms with Gasteiger partial charge < -0.3 is 5.73 Å². The van der Waals surface area contributed by atoms with Crippen molar-refractivity contribution in [2.75, 3.05) is 5.73 Å². The summed E-state index contributed by atoms with van der Waals surface area (Å²) in [6, 6.07) is 7.56. The van der Waals surface area contributed by atoms with Crippen molar-refractivity contribution in [3.8, 4) is 0 Å². The van der Waals surface area contributed by atoms with Crippen molar-refractivity contribution in [3.63, 3.8) is 0 Å². The molecule has 0 amide bonds. The van der Waals surface area contributed by atoms with E-state index in [1.165, 1.54) is 11.8 Å². The van der Waals surface area contributed by atoms with E-state index in [4.69, 9.17) is 5.73 Å². The molecule has 0 atom stereocenters. The van der Waals surface area contributed by atoms with E-state index < -0.39 is 0 Å².